The summed E-state index contributed by atoms with van der Waals surface area (Å²) >= 11 is 0. The van der Waals surface area contributed by atoms with E-state index in [2.05, 4.69) is 24.0 Å². The van der Waals surface area contributed by atoms with E-state index in [4.69, 9.17) is 10.5 Å². The third kappa shape index (κ3) is 3.89. The molecule has 0 bridgehead atoms. The van der Waals surface area contributed by atoms with E-state index in [1.165, 1.54) is 11.0 Å². The summed E-state index contributed by atoms with van der Waals surface area (Å²) in [5, 5.41) is 7.86. The molecule has 0 fully saturated rings. The van der Waals surface area contributed by atoms with Crippen molar-refractivity contribution in [2.24, 2.45) is 5.92 Å². The number of rotatable bonds is 5. The van der Waals surface area contributed by atoms with Gasteiger partial charge >= 0.3 is 0 Å². The molecule has 74 valence electrons. The van der Waals surface area contributed by atoms with Crippen molar-refractivity contribution in [3.05, 3.63) is 6.20 Å². The van der Waals surface area contributed by atoms with Crippen LogP contribution in [0.4, 0.5) is 5.82 Å². The van der Waals surface area contributed by atoms with Gasteiger partial charge in [-0.3, -0.25) is 0 Å². The second-order valence-corrected chi connectivity index (χ2v) is 3.33. The highest BCUT2D eigenvalue weighted by atomic mass is 16.5. The topological polar surface area (TPSA) is 66.0 Å². The predicted octanol–water partition coefficient (Wildman–Crippen LogP) is 0.533. The molecule has 0 spiro atoms. The molecule has 0 radical (unpaired) electrons. The normalized spacial score (nSPS) is 11.0. The monoisotopic (exact) mass is 184 g/mol. The van der Waals surface area contributed by atoms with Gasteiger partial charge < -0.3 is 10.5 Å². The fourth-order valence-corrected chi connectivity index (χ4v) is 0.884. The largest absolute Gasteiger partial charge is 0.381 e. The van der Waals surface area contributed by atoms with Crippen molar-refractivity contribution < 1.29 is 4.74 Å². The predicted molar refractivity (Wildman–Crippen MR) is 50.1 cm³/mol. The average molecular weight is 184 g/mol. The van der Waals surface area contributed by atoms with Crippen LogP contribution in [0.2, 0.25) is 0 Å². The molecule has 0 unspecified atom stereocenters. The number of anilines is 1. The standard InChI is InChI=1S/C8H16N4O/c1-7(2)6-13-4-3-12-10-5-8(9)11-12/h5,7H,3-4,6H2,1-2H3,(H2,9,11). The molecule has 0 aromatic carbocycles. The van der Waals surface area contributed by atoms with Crippen molar-refractivity contribution in [1.82, 2.24) is 15.0 Å². The maximum atomic E-state index is 5.40. The molecule has 1 aromatic rings. The maximum absolute atomic E-state index is 5.40. The Morgan fingerprint density at radius 3 is 2.92 bits per heavy atom. The summed E-state index contributed by atoms with van der Waals surface area (Å²) in [6, 6.07) is 0. The lowest BCUT2D eigenvalue weighted by molar-refractivity contribution is 0.0984. The van der Waals surface area contributed by atoms with Crippen LogP contribution >= 0.6 is 0 Å². The summed E-state index contributed by atoms with van der Waals surface area (Å²) in [5.74, 6) is 1.01. The smallest absolute Gasteiger partial charge is 0.165 e. The lowest BCUT2D eigenvalue weighted by Crippen LogP contribution is -2.11. The van der Waals surface area contributed by atoms with Gasteiger partial charge in [-0.1, -0.05) is 13.8 Å². The van der Waals surface area contributed by atoms with E-state index >= 15 is 0 Å². The Hall–Kier alpha value is -1.10. The van der Waals surface area contributed by atoms with Gasteiger partial charge in [-0.05, 0) is 5.92 Å². The molecular formula is C8H16N4O. The molecule has 2 N–H and O–H groups in total. The van der Waals surface area contributed by atoms with Crippen LogP contribution in [0.25, 0.3) is 0 Å². The molecule has 1 rings (SSSR count). The van der Waals surface area contributed by atoms with Gasteiger partial charge in [0.05, 0.1) is 19.3 Å². The number of nitrogens with zero attached hydrogens (tertiary/aromatic N) is 3. The van der Waals surface area contributed by atoms with Crippen molar-refractivity contribution in [2.45, 2.75) is 20.4 Å². The minimum atomic E-state index is 0.448. The lowest BCUT2D eigenvalue weighted by atomic mass is 10.2. The fraction of sp³-hybridized carbons (Fsp3) is 0.750. The quantitative estimate of drug-likeness (QED) is 0.678. The third-order valence-electron chi connectivity index (χ3n) is 1.44. The van der Waals surface area contributed by atoms with E-state index in [0.717, 1.165) is 6.61 Å². The highest BCUT2D eigenvalue weighted by molar-refractivity contribution is 5.19. The third-order valence-corrected chi connectivity index (χ3v) is 1.44. The first kappa shape index (κ1) is 9.98. The van der Waals surface area contributed by atoms with Crippen molar-refractivity contribution in [3.8, 4) is 0 Å². The summed E-state index contributed by atoms with van der Waals surface area (Å²) in [4.78, 5) is 1.54. The zero-order valence-corrected chi connectivity index (χ0v) is 8.10. The van der Waals surface area contributed by atoms with E-state index in [-0.39, 0.29) is 0 Å². The van der Waals surface area contributed by atoms with Gasteiger partial charge in [-0.25, -0.2) is 0 Å². The Morgan fingerprint density at radius 2 is 2.38 bits per heavy atom. The molecule has 1 aromatic heterocycles. The molecule has 13 heavy (non-hydrogen) atoms. The van der Waals surface area contributed by atoms with Crippen LogP contribution in [0.1, 0.15) is 13.8 Å². The maximum Gasteiger partial charge on any atom is 0.165 e. The van der Waals surface area contributed by atoms with Gasteiger partial charge in [0.2, 0.25) is 0 Å². The molecule has 0 aliphatic rings. The SMILES string of the molecule is CC(C)COCCn1ncc(N)n1. The number of hydrogen-bond acceptors (Lipinski definition) is 4. The molecule has 5 nitrogen and oxygen atoms in total. The minimum Gasteiger partial charge on any atom is -0.381 e. The molecule has 0 amide bonds. The van der Waals surface area contributed by atoms with Crippen LogP contribution in [0.15, 0.2) is 6.20 Å². The Morgan fingerprint density at radius 1 is 1.62 bits per heavy atom. The van der Waals surface area contributed by atoms with Crippen molar-refractivity contribution in [2.75, 3.05) is 18.9 Å². The van der Waals surface area contributed by atoms with Crippen LogP contribution in [0.3, 0.4) is 0 Å². The van der Waals surface area contributed by atoms with Crippen LogP contribution in [0.5, 0.6) is 0 Å². The number of hydrogen-bond donors (Lipinski definition) is 1. The summed E-state index contributed by atoms with van der Waals surface area (Å²) in [6.45, 7) is 6.29. The number of nitrogen functional groups attached to an aromatic ring is 1. The van der Waals surface area contributed by atoms with Crippen molar-refractivity contribution >= 4 is 5.82 Å². The highest BCUT2D eigenvalue weighted by Gasteiger charge is 1.97. The molecule has 0 saturated heterocycles. The van der Waals surface area contributed by atoms with E-state index < -0.39 is 0 Å². The molecule has 0 saturated carbocycles. The van der Waals surface area contributed by atoms with Crippen molar-refractivity contribution in [3.63, 3.8) is 0 Å². The zero-order valence-electron chi connectivity index (χ0n) is 8.10. The van der Waals surface area contributed by atoms with Gasteiger partial charge in [0.25, 0.3) is 0 Å². The van der Waals surface area contributed by atoms with Crippen LogP contribution in [0, 0.1) is 5.92 Å². The summed E-state index contributed by atoms with van der Waals surface area (Å²) in [6.07, 6.45) is 1.53. The first-order chi connectivity index (χ1) is 6.18. The van der Waals surface area contributed by atoms with Crippen LogP contribution in [-0.2, 0) is 11.3 Å². The van der Waals surface area contributed by atoms with Gasteiger partial charge in [0.15, 0.2) is 5.82 Å². The first-order valence-electron chi connectivity index (χ1n) is 4.42. The van der Waals surface area contributed by atoms with Gasteiger partial charge in [0, 0.05) is 6.61 Å². The zero-order chi connectivity index (χ0) is 9.68. The van der Waals surface area contributed by atoms with Crippen LogP contribution in [-0.4, -0.2) is 28.2 Å². The van der Waals surface area contributed by atoms with Crippen molar-refractivity contribution in [1.29, 1.82) is 0 Å². The van der Waals surface area contributed by atoms with E-state index in [9.17, 15) is 0 Å². The lowest BCUT2D eigenvalue weighted by Gasteiger charge is -2.05. The molecule has 0 atom stereocenters. The summed E-state index contributed by atoms with van der Waals surface area (Å²) in [7, 11) is 0. The average Bonchev–Trinajstić information content (AvgIpc) is 2.45. The Kier molecular flexibility index (Phi) is 3.70. The Labute approximate surface area is 77.9 Å². The number of ether oxygens (including phenoxy) is 1. The molecular weight excluding hydrogens is 168 g/mol. The van der Waals surface area contributed by atoms with Gasteiger partial charge in [-0.2, -0.15) is 9.90 Å². The number of aromatic nitrogens is 3. The second kappa shape index (κ2) is 4.81. The fourth-order valence-electron chi connectivity index (χ4n) is 0.884. The first-order valence-corrected chi connectivity index (χ1v) is 4.42. The molecule has 5 heteroatoms. The van der Waals surface area contributed by atoms with Gasteiger partial charge in [-0.15, -0.1) is 5.10 Å². The molecule has 0 aliphatic carbocycles. The highest BCUT2D eigenvalue weighted by Crippen LogP contribution is 1.94. The van der Waals surface area contributed by atoms with E-state index in [1.807, 2.05) is 0 Å². The second-order valence-electron chi connectivity index (χ2n) is 3.33. The number of nitrogens with two attached hydrogens (primary N) is 1. The molecule has 1 heterocycles. The van der Waals surface area contributed by atoms with Crippen LogP contribution < -0.4 is 5.73 Å². The summed E-state index contributed by atoms with van der Waals surface area (Å²) < 4.78 is 5.37. The summed E-state index contributed by atoms with van der Waals surface area (Å²) in [5.41, 5.74) is 5.40. The van der Waals surface area contributed by atoms with Gasteiger partial charge in [0.1, 0.15) is 0 Å². The minimum absolute atomic E-state index is 0.448. The Balaban J connectivity index is 2.13. The van der Waals surface area contributed by atoms with E-state index in [1.54, 1.807) is 0 Å². The van der Waals surface area contributed by atoms with E-state index in [0.29, 0.717) is 24.9 Å². The molecule has 0 aliphatic heterocycles. The Bertz CT molecular complexity index is 246.